The minimum atomic E-state index is -0.870. The second-order valence-electron chi connectivity index (χ2n) is 9.43. The van der Waals surface area contributed by atoms with E-state index >= 15 is 0 Å². The number of fused-ring (bicyclic) bond motifs is 1. The monoisotopic (exact) mass is 364 g/mol. The zero-order chi connectivity index (χ0) is 20.0. The molecule has 2 aromatic carbocycles. The third-order valence-corrected chi connectivity index (χ3v) is 6.44. The van der Waals surface area contributed by atoms with Crippen molar-refractivity contribution in [3.8, 4) is 0 Å². The Hall–Kier alpha value is -2.09. The van der Waals surface area contributed by atoms with Gasteiger partial charge in [-0.2, -0.15) is 0 Å². The summed E-state index contributed by atoms with van der Waals surface area (Å²) in [5.74, 6) is -0.583. The van der Waals surface area contributed by atoms with Gasteiger partial charge in [0.05, 0.1) is 5.56 Å². The highest BCUT2D eigenvalue weighted by atomic mass is 16.4. The van der Waals surface area contributed by atoms with Crippen molar-refractivity contribution < 1.29 is 9.90 Å². The summed E-state index contributed by atoms with van der Waals surface area (Å²) in [6.45, 7) is 13.9. The molecular weight excluding hydrogens is 332 g/mol. The molecule has 0 bridgehead atoms. The van der Waals surface area contributed by atoms with Crippen LogP contribution in [0.2, 0.25) is 0 Å². The molecule has 0 heterocycles. The molecule has 1 aliphatic carbocycles. The van der Waals surface area contributed by atoms with Crippen molar-refractivity contribution in [1.29, 1.82) is 0 Å². The molecule has 0 aliphatic heterocycles. The van der Waals surface area contributed by atoms with Crippen LogP contribution < -0.4 is 0 Å². The Labute approximate surface area is 163 Å². The van der Waals surface area contributed by atoms with Gasteiger partial charge in [0.15, 0.2) is 0 Å². The van der Waals surface area contributed by atoms with Gasteiger partial charge in [0, 0.05) is 5.92 Å². The van der Waals surface area contributed by atoms with Crippen molar-refractivity contribution >= 4 is 5.97 Å². The van der Waals surface area contributed by atoms with Crippen molar-refractivity contribution in [2.75, 3.05) is 0 Å². The van der Waals surface area contributed by atoms with Gasteiger partial charge in [0.25, 0.3) is 0 Å². The number of aromatic carboxylic acids is 1. The number of rotatable bonds is 4. The largest absolute Gasteiger partial charge is 0.478 e. The first-order valence-corrected chi connectivity index (χ1v) is 10.1. The highest BCUT2D eigenvalue weighted by Gasteiger charge is 2.39. The molecule has 1 atom stereocenters. The van der Waals surface area contributed by atoms with Crippen LogP contribution in [0.4, 0.5) is 0 Å². The lowest BCUT2D eigenvalue weighted by molar-refractivity contribution is 0.0697. The van der Waals surface area contributed by atoms with Gasteiger partial charge in [0.1, 0.15) is 0 Å². The Kier molecular flexibility index (Phi) is 4.96. The average Bonchev–Trinajstić information content (AvgIpc) is 2.60. The summed E-state index contributed by atoms with van der Waals surface area (Å²) < 4.78 is 0. The van der Waals surface area contributed by atoms with Gasteiger partial charge in [-0.1, -0.05) is 64.4 Å². The summed E-state index contributed by atoms with van der Waals surface area (Å²) in [7, 11) is 0. The molecule has 0 radical (unpaired) electrons. The van der Waals surface area contributed by atoms with Crippen LogP contribution in [-0.2, 0) is 10.8 Å². The smallest absolute Gasteiger partial charge is 0.335 e. The number of hydrogen-bond acceptors (Lipinski definition) is 1. The lowest BCUT2D eigenvalue weighted by Gasteiger charge is -2.44. The van der Waals surface area contributed by atoms with Crippen molar-refractivity contribution in [3.63, 3.8) is 0 Å². The Morgan fingerprint density at radius 2 is 1.63 bits per heavy atom. The minimum absolute atomic E-state index is 0.155. The first-order chi connectivity index (χ1) is 12.6. The van der Waals surface area contributed by atoms with Crippen LogP contribution in [-0.4, -0.2) is 11.1 Å². The standard InChI is InChI=1S/C25H32O2/c1-7-19(17-8-10-18(11-9-17)23(26)27)20-14-16(2)15-21-22(20)25(5,6)13-12-24(21,3)4/h8-11,14-15,19H,7,12-13H2,1-6H3,(H,26,27). The van der Waals surface area contributed by atoms with Crippen molar-refractivity contribution in [3.05, 3.63) is 69.8 Å². The van der Waals surface area contributed by atoms with E-state index in [4.69, 9.17) is 0 Å². The molecular formula is C25H32O2. The predicted octanol–water partition coefficient (Wildman–Crippen LogP) is 6.58. The van der Waals surface area contributed by atoms with Crippen molar-refractivity contribution in [2.45, 2.75) is 77.6 Å². The van der Waals surface area contributed by atoms with Gasteiger partial charge in [-0.15, -0.1) is 0 Å². The van der Waals surface area contributed by atoms with Gasteiger partial charge in [-0.25, -0.2) is 4.79 Å². The fourth-order valence-corrected chi connectivity index (χ4v) is 4.76. The quantitative estimate of drug-likeness (QED) is 0.665. The molecule has 2 nitrogen and oxygen atoms in total. The van der Waals surface area contributed by atoms with E-state index < -0.39 is 5.97 Å². The van der Waals surface area contributed by atoms with E-state index in [0.717, 1.165) is 6.42 Å². The van der Waals surface area contributed by atoms with Gasteiger partial charge < -0.3 is 5.11 Å². The Balaban J connectivity index is 2.20. The number of aryl methyl sites for hydroxylation is 1. The van der Waals surface area contributed by atoms with E-state index in [1.54, 1.807) is 12.1 Å². The summed E-state index contributed by atoms with van der Waals surface area (Å²) in [6.07, 6.45) is 3.40. The summed E-state index contributed by atoms with van der Waals surface area (Å²) in [5.41, 5.74) is 7.64. The maximum absolute atomic E-state index is 11.2. The second kappa shape index (κ2) is 6.82. The van der Waals surface area contributed by atoms with Gasteiger partial charge >= 0.3 is 5.97 Å². The molecule has 0 saturated carbocycles. The summed E-state index contributed by atoms with van der Waals surface area (Å²) >= 11 is 0. The van der Waals surface area contributed by atoms with Gasteiger partial charge in [-0.3, -0.25) is 0 Å². The summed E-state index contributed by atoms with van der Waals surface area (Å²) in [6, 6.07) is 12.2. The Morgan fingerprint density at radius 3 is 2.19 bits per heavy atom. The number of carboxylic acid groups (broad SMARTS) is 1. The lowest BCUT2D eigenvalue weighted by atomic mass is 9.60. The van der Waals surface area contributed by atoms with E-state index in [-0.39, 0.29) is 16.7 Å². The zero-order valence-corrected chi connectivity index (χ0v) is 17.5. The third-order valence-electron chi connectivity index (χ3n) is 6.44. The molecule has 1 N–H and O–H groups in total. The first kappa shape index (κ1) is 19.7. The normalized spacial score (nSPS) is 18.6. The summed E-state index contributed by atoms with van der Waals surface area (Å²) in [5, 5.41) is 9.21. The molecule has 144 valence electrons. The van der Waals surface area contributed by atoms with E-state index in [2.05, 4.69) is 53.7 Å². The molecule has 0 fully saturated rings. The van der Waals surface area contributed by atoms with Crippen LogP contribution in [0, 0.1) is 6.92 Å². The van der Waals surface area contributed by atoms with Gasteiger partial charge in [-0.05, 0) is 71.4 Å². The topological polar surface area (TPSA) is 37.3 Å². The average molecular weight is 365 g/mol. The molecule has 0 aromatic heterocycles. The predicted molar refractivity (Wildman–Crippen MR) is 112 cm³/mol. The van der Waals surface area contributed by atoms with E-state index in [1.165, 1.54) is 40.7 Å². The van der Waals surface area contributed by atoms with Crippen LogP contribution in [0.1, 0.15) is 98.0 Å². The van der Waals surface area contributed by atoms with Crippen molar-refractivity contribution in [1.82, 2.24) is 0 Å². The molecule has 2 heteroatoms. The molecule has 0 saturated heterocycles. The molecule has 1 aliphatic rings. The van der Waals surface area contributed by atoms with E-state index in [0.29, 0.717) is 5.56 Å². The van der Waals surface area contributed by atoms with E-state index in [9.17, 15) is 9.90 Å². The fraction of sp³-hybridized carbons (Fsp3) is 0.480. The molecule has 0 spiro atoms. The maximum Gasteiger partial charge on any atom is 0.335 e. The number of carbonyl (C=O) groups is 1. The molecule has 3 rings (SSSR count). The third kappa shape index (κ3) is 3.54. The van der Waals surface area contributed by atoms with Crippen LogP contribution in [0.3, 0.4) is 0 Å². The first-order valence-electron chi connectivity index (χ1n) is 10.1. The van der Waals surface area contributed by atoms with Gasteiger partial charge in [0.2, 0.25) is 0 Å². The molecule has 1 unspecified atom stereocenters. The molecule has 27 heavy (non-hydrogen) atoms. The molecule has 2 aromatic rings. The highest BCUT2D eigenvalue weighted by Crippen LogP contribution is 2.50. The second-order valence-corrected chi connectivity index (χ2v) is 9.43. The Bertz CT molecular complexity index is 857. The van der Waals surface area contributed by atoms with Crippen LogP contribution in [0.15, 0.2) is 36.4 Å². The van der Waals surface area contributed by atoms with Crippen LogP contribution in [0.25, 0.3) is 0 Å². The fourth-order valence-electron chi connectivity index (χ4n) is 4.76. The van der Waals surface area contributed by atoms with Crippen LogP contribution in [0.5, 0.6) is 0 Å². The Morgan fingerprint density at radius 1 is 1.04 bits per heavy atom. The SMILES string of the molecule is CCC(c1ccc(C(=O)O)cc1)c1cc(C)cc2c1C(C)(C)CCC2(C)C. The van der Waals surface area contributed by atoms with E-state index in [1.807, 2.05) is 12.1 Å². The maximum atomic E-state index is 11.2. The minimum Gasteiger partial charge on any atom is -0.478 e. The zero-order valence-electron chi connectivity index (χ0n) is 17.5. The van der Waals surface area contributed by atoms with Crippen LogP contribution >= 0.6 is 0 Å². The summed E-state index contributed by atoms with van der Waals surface area (Å²) in [4.78, 5) is 11.2. The van der Waals surface area contributed by atoms with Crippen molar-refractivity contribution in [2.24, 2.45) is 0 Å². The highest BCUT2D eigenvalue weighted by molar-refractivity contribution is 5.87. The number of hydrogen-bond donors (Lipinski definition) is 1. The number of carboxylic acids is 1. The number of benzene rings is 2. The molecule has 0 amide bonds. The lowest BCUT2D eigenvalue weighted by Crippen LogP contribution is -2.35.